The molecule has 0 spiro atoms. The van der Waals surface area contributed by atoms with E-state index in [2.05, 4.69) is 30.4 Å². The molecule has 1 unspecified atom stereocenters. The van der Waals surface area contributed by atoms with Gasteiger partial charge in [-0.2, -0.15) is 0 Å². The van der Waals surface area contributed by atoms with Gasteiger partial charge in [0.15, 0.2) is 11.8 Å². The summed E-state index contributed by atoms with van der Waals surface area (Å²) in [5.74, 6) is 2.75. The number of nitrogens with zero attached hydrogens (tertiary/aromatic N) is 4. The number of guanidine groups is 1. The lowest BCUT2D eigenvalue weighted by Crippen LogP contribution is -2.40. The van der Waals surface area contributed by atoms with Crippen LogP contribution in [0.5, 0.6) is 0 Å². The second-order valence-electron chi connectivity index (χ2n) is 6.24. The largest absolute Gasteiger partial charge is 0.396 e. The Kier molecular flexibility index (Phi) is 8.30. The van der Waals surface area contributed by atoms with Crippen LogP contribution in [0.1, 0.15) is 36.0 Å². The number of aryl methyl sites for hydroxylation is 1. The van der Waals surface area contributed by atoms with E-state index in [-0.39, 0.29) is 36.5 Å². The van der Waals surface area contributed by atoms with Crippen molar-refractivity contribution in [1.82, 2.24) is 25.4 Å². The minimum atomic E-state index is 0. The quantitative estimate of drug-likeness (QED) is 0.340. The number of hydrogen-bond acceptors (Lipinski definition) is 4. The van der Waals surface area contributed by atoms with Gasteiger partial charge in [0, 0.05) is 32.5 Å². The molecule has 1 aliphatic rings. The maximum Gasteiger partial charge on any atom is 0.191 e. The number of halogens is 1. The number of rotatable bonds is 6. The van der Waals surface area contributed by atoms with Crippen LogP contribution in [0.25, 0.3) is 0 Å². The normalized spacial score (nSPS) is 14.9. The molecule has 142 valence electrons. The summed E-state index contributed by atoms with van der Waals surface area (Å²) in [5.41, 5.74) is 1.11. The molecule has 0 aliphatic carbocycles. The van der Waals surface area contributed by atoms with Crippen LogP contribution in [-0.2, 0) is 19.5 Å². The number of aliphatic hydroxyl groups excluding tert-OH is 1. The minimum Gasteiger partial charge on any atom is -0.396 e. The van der Waals surface area contributed by atoms with Gasteiger partial charge in [-0.1, -0.05) is 30.3 Å². The Balaban J connectivity index is 0.00000243. The molecule has 0 saturated heterocycles. The average Bonchev–Trinajstić information content (AvgIpc) is 3.09. The van der Waals surface area contributed by atoms with Gasteiger partial charge in [-0.25, -0.2) is 0 Å². The summed E-state index contributed by atoms with van der Waals surface area (Å²) in [7, 11) is 1.74. The third-order valence-electron chi connectivity index (χ3n) is 4.58. The Bertz CT molecular complexity index is 703. The summed E-state index contributed by atoms with van der Waals surface area (Å²) in [4.78, 5) is 4.25. The predicted molar refractivity (Wildman–Crippen MR) is 113 cm³/mol. The predicted octanol–water partition coefficient (Wildman–Crippen LogP) is 1.67. The van der Waals surface area contributed by atoms with E-state index in [1.54, 1.807) is 7.05 Å². The van der Waals surface area contributed by atoms with Crippen molar-refractivity contribution < 1.29 is 5.11 Å². The fourth-order valence-electron chi connectivity index (χ4n) is 3.12. The Morgan fingerprint density at radius 2 is 2.04 bits per heavy atom. The molecule has 26 heavy (non-hydrogen) atoms. The van der Waals surface area contributed by atoms with E-state index >= 15 is 0 Å². The third-order valence-corrected chi connectivity index (χ3v) is 4.58. The lowest BCUT2D eigenvalue weighted by Gasteiger charge is -2.19. The van der Waals surface area contributed by atoms with Crippen LogP contribution >= 0.6 is 24.0 Å². The SMILES string of the molecule is CN=C(NCc1nnc2n1CCCC2)NCC(CO)c1ccccc1.I. The van der Waals surface area contributed by atoms with E-state index in [9.17, 15) is 5.11 Å². The summed E-state index contributed by atoms with van der Waals surface area (Å²) in [6, 6.07) is 10.0. The zero-order valence-electron chi connectivity index (χ0n) is 15.1. The minimum absolute atomic E-state index is 0. The molecule has 2 aromatic rings. The summed E-state index contributed by atoms with van der Waals surface area (Å²) in [6.07, 6.45) is 3.38. The molecule has 0 radical (unpaired) electrons. The van der Waals surface area contributed by atoms with E-state index in [1.807, 2.05) is 30.3 Å². The molecule has 0 bridgehead atoms. The van der Waals surface area contributed by atoms with Crippen molar-refractivity contribution in [3.8, 4) is 0 Å². The first kappa shape index (κ1) is 20.6. The number of nitrogens with one attached hydrogen (secondary N) is 2. The van der Waals surface area contributed by atoms with Gasteiger partial charge < -0.3 is 20.3 Å². The van der Waals surface area contributed by atoms with E-state index in [4.69, 9.17) is 0 Å². The Labute approximate surface area is 171 Å². The first-order chi connectivity index (χ1) is 12.3. The molecule has 1 aromatic carbocycles. The third kappa shape index (κ3) is 5.16. The number of aliphatic hydroxyl groups is 1. The molecule has 2 heterocycles. The maximum absolute atomic E-state index is 9.66. The molecule has 0 saturated carbocycles. The molecular weight excluding hydrogens is 443 g/mol. The Hall–Kier alpha value is -1.68. The molecule has 1 aromatic heterocycles. The first-order valence-corrected chi connectivity index (χ1v) is 8.83. The standard InChI is InChI=1S/C18H26N6O.HI/c1-19-18(20-11-15(13-25)14-7-3-2-4-8-14)21-12-17-23-22-16-9-5-6-10-24(16)17;/h2-4,7-8,15,25H,5-6,9-13H2,1H3,(H2,19,20,21);1H. The Morgan fingerprint density at radius 3 is 2.77 bits per heavy atom. The van der Waals surface area contributed by atoms with Crippen molar-refractivity contribution in [3.05, 3.63) is 47.5 Å². The van der Waals surface area contributed by atoms with Gasteiger partial charge in [-0.15, -0.1) is 34.2 Å². The fraction of sp³-hybridized carbons (Fsp3) is 0.500. The van der Waals surface area contributed by atoms with Crippen LogP contribution in [-0.4, -0.2) is 46.0 Å². The fourth-order valence-corrected chi connectivity index (χ4v) is 3.12. The van der Waals surface area contributed by atoms with Crippen molar-refractivity contribution in [2.45, 2.75) is 38.3 Å². The average molecular weight is 470 g/mol. The highest BCUT2D eigenvalue weighted by Crippen LogP contribution is 2.14. The number of aliphatic imine (C=N–C) groups is 1. The van der Waals surface area contributed by atoms with Crippen LogP contribution in [0.15, 0.2) is 35.3 Å². The molecular formula is C18H27IN6O. The van der Waals surface area contributed by atoms with Crippen LogP contribution in [0.2, 0.25) is 0 Å². The van der Waals surface area contributed by atoms with Gasteiger partial charge in [0.1, 0.15) is 5.82 Å². The van der Waals surface area contributed by atoms with Crippen LogP contribution in [0.4, 0.5) is 0 Å². The number of benzene rings is 1. The van der Waals surface area contributed by atoms with E-state index in [0.717, 1.165) is 30.2 Å². The summed E-state index contributed by atoms with van der Waals surface area (Å²) < 4.78 is 2.20. The highest BCUT2D eigenvalue weighted by molar-refractivity contribution is 14.0. The topological polar surface area (TPSA) is 87.4 Å². The molecule has 3 N–H and O–H groups in total. The zero-order valence-corrected chi connectivity index (χ0v) is 17.4. The monoisotopic (exact) mass is 470 g/mol. The molecule has 3 rings (SSSR count). The van der Waals surface area contributed by atoms with E-state index in [1.165, 1.54) is 12.8 Å². The van der Waals surface area contributed by atoms with Crippen molar-refractivity contribution in [2.24, 2.45) is 4.99 Å². The second kappa shape index (κ2) is 10.5. The molecule has 1 atom stereocenters. The molecule has 8 heteroatoms. The molecule has 0 fully saturated rings. The summed E-state index contributed by atoms with van der Waals surface area (Å²) in [6.45, 7) is 2.28. The van der Waals surface area contributed by atoms with Gasteiger partial charge >= 0.3 is 0 Å². The van der Waals surface area contributed by atoms with Crippen LogP contribution in [0, 0.1) is 0 Å². The van der Waals surface area contributed by atoms with Crippen molar-refractivity contribution in [2.75, 3.05) is 20.2 Å². The summed E-state index contributed by atoms with van der Waals surface area (Å²) >= 11 is 0. The van der Waals surface area contributed by atoms with Gasteiger partial charge in [0.2, 0.25) is 0 Å². The second-order valence-corrected chi connectivity index (χ2v) is 6.24. The van der Waals surface area contributed by atoms with E-state index in [0.29, 0.717) is 19.0 Å². The van der Waals surface area contributed by atoms with Gasteiger partial charge in [-0.05, 0) is 18.4 Å². The van der Waals surface area contributed by atoms with Gasteiger partial charge in [0.05, 0.1) is 13.2 Å². The van der Waals surface area contributed by atoms with Crippen molar-refractivity contribution in [1.29, 1.82) is 0 Å². The zero-order chi connectivity index (χ0) is 17.5. The number of hydrogen-bond donors (Lipinski definition) is 3. The van der Waals surface area contributed by atoms with Crippen molar-refractivity contribution >= 4 is 29.9 Å². The highest BCUT2D eigenvalue weighted by Gasteiger charge is 2.16. The van der Waals surface area contributed by atoms with Crippen molar-refractivity contribution in [3.63, 3.8) is 0 Å². The maximum atomic E-state index is 9.66. The van der Waals surface area contributed by atoms with E-state index < -0.39 is 0 Å². The highest BCUT2D eigenvalue weighted by atomic mass is 127. The van der Waals surface area contributed by atoms with Gasteiger partial charge in [-0.3, -0.25) is 4.99 Å². The smallest absolute Gasteiger partial charge is 0.191 e. The lowest BCUT2D eigenvalue weighted by molar-refractivity contribution is 0.265. The van der Waals surface area contributed by atoms with Gasteiger partial charge in [0.25, 0.3) is 0 Å². The van der Waals surface area contributed by atoms with Crippen LogP contribution < -0.4 is 10.6 Å². The lowest BCUT2D eigenvalue weighted by atomic mass is 10.0. The Morgan fingerprint density at radius 1 is 1.23 bits per heavy atom. The number of fused-ring (bicyclic) bond motifs is 1. The molecule has 1 aliphatic heterocycles. The molecule has 0 amide bonds. The molecule has 7 nitrogen and oxygen atoms in total. The summed E-state index contributed by atoms with van der Waals surface area (Å²) in [5, 5.41) is 24.8. The number of aromatic nitrogens is 3. The first-order valence-electron chi connectivity index (χ1n) is 8.83. The van der Waals surface area contributed by atoms with Crippen LogP contribution in [0.3, 0.4) is 0 Å².